The van der Waals surface area contributed by atoms with E-state index in [2.05, 4.69) is 18.2 Å². The number of terminal acetylenes is 1. The SMILES string of the molecule is C#C.CN/C(C#N)=C(\C)c1cc(CCc2ccc(F)cc2)cc(CC(F)(F)F)c1. The highest BCUT2D eigenvalue weighted by Crippen LogP contribution is 2.26. The number of hydrogen-bond donors (Lipinski definition) is 1. The van der Waals surface area contributed by atoms with Crippen molar-refractivity contribution in [3.8, 4) is 18.9 Å². The molecule has 0 saturated carbocycles. The van der Waals surface area contributed by atoms with Gasteiger partial charge in [-0.3, -0.25) is 0 Å². The Morgan fingerprint density at radius 1 is 1.00 bits per heavy atom. The third kappa shape index (κ3) is 7.71. The minimum absolute atomic E-state index is 0.154. The molecular weight excluding hydrogens is 380 g/mol. The van der Waals surface area contributed by atoms with Crippen LogP contribution in [0.5, 0.6) is 0 Å². The van der Waals surface area contributed by atoms with Crippen molar-refractivity contribution >= 4 is 5.57 Å². The summed E-state index contributed by atoms with van der Waals surface area (Å²) >= 11 is 0. The summed E-state index contributed by atoms with van der Waals surface area (Å²) < 4.78 is 51.6. The molecule has 2 aromatic carbocycles. The van der Waals surface area contributed by atoms with Gasteiger partial charge in [-0.1, -0.05) is 30.3 Å². The van der Waals surface area contributed by atoms with Crippen LogP contribution < -0.4 is 5.32 Å². The van der Waals surface area contributed by atoms with Gasteiger partial charge in [0, 0.05) is 7.05 Å². The number of nitrogens with zero attached hydrogens (tertiary/aromatic N) is 1. The van der Waals surface area contributed by atoms with Crippen LogP contribution in [0.25, 0.3) is 5.57 Å². The summed E-state index contributed by atoms with van der Waals surface area (Å²) in [7, 11) is 1.59. The highest BCUT2D eigenvalue weighted by Gasteiger charge is 2.28. The fourth-order valence-corrected chi connectivity index (χ4v) is 2.87. The highest BCUT2D eigenvalue weighted by atomic mass is 19.4. The van der Waals surface area contributed by atoms with Gasteiger partial charge in [0.15, 0.2) is 0 Å². The molecule has 0 spiro atoms. The van der Waals surface area contributed by atoms with Crippen LogP contribution in [0.2, 0.25) is 0 Å². The van der Waals surface area contributed by atoms with Crippen molar-refractivity contribution in [1.29, 1.82) is 5.26 Å². The van der Waals surface area contributed by atoms with E-state index in [1.165, 1.54) is 18.2 Å². The zero-order valence-electron chi connectivity index (χ0n) is 16.3. The summed E-state index contributed by atoms with van der Waals surface area (Å²) in [4.78, 5) is 0. The van der Waals surface area contributed by atoms with E-state index in [9.17, 15) is 22.8 Å². The van der Waals surface area contributed by atoms with Gasteiger partial charge in [-0.05, 0) is 59.7 Å². The van der Waals surface area contributed by atoms with Crippen LogP contribution in [0.3, 0.4) is 0 Å². The maximum Gasteiger partial charge on any atom is 0.393 e. The summed E-state index contributed by atoms with van der Waals surface area (Å²) in [5.74, 6) is -0.329. The van der Waals surface area contributed by atoms with Gasteiger partial charge in [0.1, 0.15) is 17.6 Å². The number of hydrogen-bond acceptors (Lipinski definition) is 2. The lowest BCUT2D eigenvalue weighted by molar-refractivity contribution is -0.127. The van der Waals surface area contributed by atoms with Crippen molar-refractivity contribution in [3.05, 3.63) is 76.2 Å². The van der Waals surface area contributed by atoms with E-state index in [4.69, 9.17) is 0 Å². The minimum Gasteiger partial charge on any atom is -0.379 e. The van der Waals surface area contributed by atoms with E-state index >= 15 is 0 Å². The van der Waals surface area contributed by atoms with Gasteiger partial charge >= 0.3 is 6.18 Å². The molecule has 2 rings (SSSR count). The monoisotopic (exact) mass is 402 g/mol. The number of benzene rings is 2. The number of nitriles is 1. The zero-order valence-corrected chi connectivity index (χ0v) is 16.3. The van der Waals surface area contributed by atoms with Crippen LogP contribution in [0, 0.1) is 30.0 Å². The molecule has 0 unspecified atom stereocenters. The molecule has 0 atom stereocenters. The van der Waals surface area contributed by atoms with Gasteiger partial charge in [-0.2, -0.15) is 18.4 Å². The summed E-state index contributed by atoms with van der Waals surface area (Å²) in [5.41, 5.74) is 3.28. The molecule has 2 aromatic rings. The fourth-order valence-electron chi connectivity index (χ4n) is 2.87. The molecule has 0 heterocycles. The molecule has 1 N–H and O–H groups in total. The van der Waals surface area contributed by atoms with Crippen molar-refractivity contribution < 1.29 is 17.6 Å². The van der Waals surface area contributed by atoms with Gasteiger partial charge in [0.05, 0.1) is 6.42 Å². The van der Waals surface area contributed by atoms with Gasteiger partial charge in [-0.15, -0.1) is 12.8 Å². The average Bonchev–Trinajstić information content (AvgIpc) is 2.68. The van der Waals surface area contributed by atoms with Gasteiger partial charge < -0.3 is 5.32 Å². The maximum absolute atomic E-state index is 13.0. The standard InChI is InChI=1S/C21H20F4N2.C2H2/c1-14(20(13-26)27-2)18-10-16(9-17(11-18)12-21(23,24)25)4-3-15-5-7-19(22)8-6-15;1-2/h5-11,27H,3-4,12H2,1-2H3;1-2H/b20-14+;. The molecule has 0 aliphatic carbocycles. The van der Waals surface area contributed by atoms with Crippen molar-refractivity contribution in [2.45, 2.75) is 32.4 Å². The molecule has 152 valence electrons. The van der Waals surface area contributed by atoms with E-state index in [1.807, 2.05) is 6.07 Å². The smallest absolute Gasteiger partial charge is 0.379 e. The molecule has 0 bridgehead atoms. The van der Waals surface area contributed by atoms with Gasteiger partial charge in [-0.25, -0.2) is 4.39 Å². The summed E-state index contributed by atoms with van der Waals surface area (Å²) in [6, 6.07) is 12.9. The molecule has 0 aliphatic heterocycles. The summed E-state index contributed by atoms with van der Waals surface area (Å²) in [5, 5.41) is 11.9. The first kappa shape index (κ1) is 23.8. The highest BCUT2D eigenvalue weighted by molar-refractivity contribution is 5.70. The van der Waals surface area contributed by atoms with Crippen LogP contribution in [-0.2, 0) is 19.3 Å². The van der Waals surface area contributed by atoms with Crippen LogP contribution in [-0.4, -0.2) is 13.2 Å². The van der Waals surface area contributed by atoms with E-state index in [0.29, 0.717) is 29.7 Å². The largest absolute Gasteiger partial charge is 0.393 e. The minimum atomic E-state index is -4.31. The van der Waals surface area contributed by atoms with E-state index in [1.54, 1.807) is 38.2 Å². The quantitative estimate of drug-likeness (QED) is 0.397. The van der Waals surface area contributed by atoms with Crippen LogP contribution in [0.1, 0.15) is 29.2 Å². The second-order valence-electron chi connectivity index (χ2n) is 6.32. The number of allylic oxidation sites excluding steroid dienone is 2. The first-order valence-corrected chi connectivity index (χ1v) is 8.78. The predicted molar refractivity (Wildman–Crippen MR) is 107 cm³/mol. The van der Waals surface area contributed by atoms with E-state index in [-0.39, 0.29) is 11.4 Å². The topological polar surface area (TPSA) is 35.8 Å². The van der Waals surface area contributed by atoms with Crippen molar-refractivity contribution in [2.24, 2.45) is 0 Å². The Labute approximate surface area is 168 Å². The molecule has 0 aliphatic rings. The third-order valence-electron chi connectivity index (χ3n) is 4.24. The number of nitrogens with one attached hydrogen (secondary N) is 1. The normalized spacial score (nSPS) is 11.6. The Kier molecular flexibility index (Phi) is 8.96. The van der Waals surface area contributed by atoms with Gasteiger partial charge in [0.2, 0.25) is 0 Å². The summed E-state index contributed by atoms with van der Waals surface area (Å²) in [6.45, 7) is 1.70. The second-order valence-corrected chi connectivity index (χ2v) is 6.32. The number of halogens is 4. The molecule has 0 aromatic heterocycles. The van der Waals surface area contributed by atoms with Crippen LogP contribution in [0.4, 0.5) is 17.6 Å². The predicted octanol–water partition coefficient (Wildman–Crippen LogP) is 5.44. The maximum atomic E-state index is 13.0. The second kappa shape index (κ2) is 10.9. The Hall–Kier alpha value is -3.25. The first-order valence-electron chi connectivity index (χ1n) is 8.78. The number of aryl methyl sites for hydroxylation is 2. The summed E-state index contributed by atoms with van der Waals surface area (Å²) in [6.07, 6.45) is 3.75. The third-order valence-corrected chi connectivity index (χ3v) is 4.24. The molecule has 0 amide bonds. The lowest BCUT2D eigenvalue weighted by atomic mass is 9.95. The number of rotatable bonds is 6. The van der Waals surface area contributed by atoms with Crippen LogP contribution in [0.15, 0.2) is 48.2 Å². The molecule has 0 fully saturated rings. The van der Waals surface area contributed by atoms with E-state index < -0.39 is 12.6 Å². The van der Waals surface area contributed by atoms with Crippen LogP contribution >= 0.6 is 0 Å². The molecule has 29 heavy (non-hydrogen) atoms. The fraction of sp³-hybridized carbons (Fsp3) is 0.261. The molecule has 2 nitrogen and oxygen atoms in total. The Morgan fingerprint density at radius 3 is 2.07 bits per heavy atom. The zero-order chi connectivity index (χ0) is 22.0. The number of alkyl halides is 3. The van der Waals surface area contributed by atoms with Crippen molar-refractivity contribution in [2.75, 3.05) is 7.05 Å². The van der Waals surface area contributed by atoms with E-state index in [0.717, 1.165) is 11.1 Å². The Bertz CT molecular complexity index is 901. The molecule has 0 saturated heterocycles. The van der Waals surface area contributed by atoms with Crippen molar-refractivity contribution in [1.82, 2.24) is 5.32 Å². The lowest BCUT2D eigenvalue weighted by Gasteiger charge is -2.13. The Morgan fingerprint density at radius 2 is 1.55 bits per heavy atom. The molecule has 6 heteroatoms. The van der Waals surface area contributed by atoms with Gasteiger partial charge in [0.25, 0.3) is 0 Å². The van der Waals surface area contributed by atoms with Crippen molar-refractivity contribution in [3.63, 3.8) is 0 Å². The average molecular weight is 402 g/mol. The Balaban J connectivity index is 0.00000204. The molecular formula is C23H22F4N2. The first-order chi connectivity index (χ1) is 13.7. The molecule has 0 radical (unpaired) electrons. The lowest BCUT2D eigenvalue weighted by Crippen LogP contribution is -2.12.